The Morgan fingerprint density at radius 3 is 2.20 bits per heavy atom. The van der Waals surface area contributed by atoms with Crippen molar-refractivity contribution < 1.29 is 27.7 Å². The Labute approximate surface area is 169 Å². The highest BCUT2D eigenvalue weighted by atomic mass is 19.4. The summed E-state index contributed by atoms with van der Waals surface area (Å²) in [5.41, 5.74) is 1.14. The largest absolute Gasteiger partial charge is 0.471 e. The molecule has 3 rings (SSSR count). The number of piperazine rings is 1. The maximum absolute atomic E-state index is 12.5. The number of alkyl halides is 3. The lowest BCUT2D eigenvalue weighted by atomic mass is 10.1. The predicted octanol–water partition coefficient (Wildman–Crippen LogP) is 3.06. The number of nitro benzene ring substituents is 1. The van der Waals surface area contributed by atoms with Crippen LogP contribution in [0.15, 0.2) is 48.5 Å². The minimum Gasteiger partial charge on any atom is -0.368 e. The number of carbonyl (C=O) groups is 2. The van der Waals surface area contributed by atoms with Crippen LogP contribution in [0.5, 0.6) is 0 Å². The molecule has 0 bridgehead atoms. The smallest absolute Gasteiger partial charge is 0.368 e. The van der Waals surface area contributed by atoms with Gasteiger partial charge in [-0.15, -0.1) is 0 Å². The van der Waals surface area contributed by atoms with E-state index in [9.17, 15) is 32.9 Å². The molecular weight excluding hydrogens is 405 g/mol. The maximum Gasteiger partial charge on any atom is 0.471 e. The van der Waals surface area contributed by atoms with E-state index in [1.54, 1.807) is 24.3 Å². The lowest BCUT2D eigenvalue weighted by Crippen LogP contribution is -2.52. The molecule has 0 saturated carbocycles. The number of benzene rings is 2. The van der Waals surface area contributed by atoms with Crippen LogP contribution in [0.1, 0.15) is 10.4 Å². The topological polar surface area (TPSA) is 95.8 Å². The molecule has 1 aliphatic rings. The van der Waals surface area contributed by atoms with Gasteiger partial charge < -0.3 is 15.1 Å². The third-order valence-corrected chi connectivity index (χ3v) is 4.62. The Hall–Kier alpha value is -3.63. The molecule has 0 aromatic heterocycles. The van der Waals surface area contributed by atoms with Gasteiger partial charge in [0, 0.05) is 55.2 Å². The first-order valence-electron chi connectivity index (χ1n) is 8.92. The molecule has 2 aromatic rings. The van der Waals surface area contributed by atoms with Gasteiger partial charge in [-0.3, -0.25) is 19.7 Å². The molecule has 0 spiro atoms. The van der Waals surface area contributed by atoms with Crippen LogP contribution >= 0.6 is 0 Å². The predicted molar refractivity (Wildman–Crippen MR) is 102 cm³/mol. The molecule has 1 heterocycles. The summed E-state index contributed by atoms with van der Waals surface area (Å²) in [4.78, 5) is 36.4. The van der Waals surface area contributed by atoms with E-state index in [4.69, 9.17) is 0 Å². The summed E-state index contributed by atoms with van der Waals surface area (Å²) in [6.07, 6.45) is -4.87. The van der Waals surface area contributed by atoms with E-state index in [2.05, 4.69) is 5.32 Å². The molecule has 1 fully saturated rings. The maximum atomic E-state index is 12.5. The lowest BCUT2D eigenvalue weighted by Gasteiger charge is -2.36. The summed E-state index contributed by atoms with van der Waals surface area (Å²) in [6.45, 7) is 0.426. The van der Waals surface area contributed by atoms with Crippen molar-refractivity contribution >= 4 is 28.9 Å². The van der Waals surface area contributed by atoms with Crippen LogP contribution in [0, 0.1) is 10.1 Å². The Balaban J connectivity index is 1.59. The minimum absolute atomic E-state index is 0.0381. The van der Waals surface area contributed by atoms with Crippen molar-refractivity contribution in [1.82, 2.24) is 4.90 Å². The van der Waals surface area contributed by atoms with Crippen LogP contribution in [-0.4, -0.2) is 54.0 Å². The fourth-order valence-corrected chi connectivity index (χ4v) is 3.07. The molecule has 11 heteroatoms. The second kappa shape index (κ2) is 8.39. The van der Waals surface area contributed by atoms with E-state index in [0.717, 1.165) is 10.6 Å². The SMILES string of the molecule is O=C(Nc1ccc(N2CCN(C(=O)C(F)(F)F)CC2)cc1)c1cccc([N+](=O)[O-])c1. The van der Waals surface area contributed by atoms with Gasteiger partial charge in [-0.05, 0) is 30.3 Å². The fourth-order valence-electron chi connectivity index (χ4n) is 3.07. The highest BCUT2D eigenvalue weighted by Crippen LogP contribution is 2.23. The van der Waals surface area contributed by atoms with Crippen molar-refractivity contribution in [2.75, 3.05) is 36.4 Å². The number of nitrogens with zero attached hydrogens (tertiary/aromatic N) is 3. The van der Waals surface area contributed by atoms with Gasteiger partial charge in [0.1, 0.15) is 0 Å². The molecule has 2 amide bonds. The number of amides is 2. The van der Waals surface area contributed by atoms with Crippen LogP contribution < -0.4 is 10.2 Å². The van der Waals surface area contributed by atoms with Gasteiger partial charge in [0.15, 0.2) is 0 Å². The van der Waals surface area contributed by atoms with Gasteiger partial charge in [0.25, 0.3) is 11.6 Å². The first-order chi connectivity index (χ1) is 14.1. The number of hydrogen-bond acceptors (Lipinski definition) is 5. The van der Waals surface area contributed by atoms with Gasteiger partial charge in [-0.25, -0.2) is 0 Å². The Bertz CT molecular complexity index is 955. The summed E-state index contributed by atoms with van der Waals surface area (Å²) >= 11 is 0. The van der Waals surface area contributed by atoms with E-state index in [1.165, 1.54) is 24.3 Å². The Kier molecular flexibility index (Phi) is 5.90. The third kappa shape index (κ3) is 4.85. The number of nitrogens with one attached hydrogen (secondary N) is 1. The number of halogens is 3. The van der Waals surface area contributed by atoms with Crippen molar-refractivity contribution in [2.24, 2.45) is 0 Å². The molecular formula is C19H17F3N4O4. The van der Waals surface area contributed by atoms with E-state index in [0.29, 0.717) is 5.69 Å². The van der Waals surface area contributed by atoms with E-state index < -0.39 is 22.9 Å². The molecule has 8 nitrogen and oxygen atoms in total. The van der Waals surface area contributed by atoms with Crippen LogP contribution in [0.3, 0.4) is 0 Å². The van der Waals surface area contributed by atoms with Crippen molar-refractivity contribution in [3.63, 3.8) is 0 Å². The fraction of sp³-hybridized carbons (Fsp3) is 0.263. The summed E-state index contributed by atoms with van der Waals surface area (Å²) < 4.78 is 37.5. The monoisotopic (exact) mass is 422 g/mol. The molecule has 2 aromatic carbocycles. The average Bonchev–Trinajstić information content (AvgIpc) is 2.73. The van der Waals surface area contributed by atoms with Gasteiger partial charge in [0.2, 0.25) is 0 Å². The third-order valence-electron chi connectivity index (χ3n) is 4.62. The number of nitro groups is 1. The zero-order valence-corrected chi connectivity index (χ0v) is 15.6. The quantitative estimate of drug-likeness (QED) is 0.604. The zero-order valence-electron chi connectivity index (χ0n) is 15.6. The minimum atomic E-state index is -4.87. The molecule has 158 valence electrons. The number of non-ortho nitro benzene ring substituents is 1. The standard InChI is InChI=1S/C19H17F3N4O4/c20-19(21,22)18(28)25-10-8-24(9-11-25)15-6-4-14(5-7-15)23-17(27)13-2-1-3-16(12-13)26(29)30/h1-7,12H,8-11H2,(H,23,27). The first kappa shape index (κ1) is 21.1. The summed E-state index contributed by atoms with van der Waals surface area (Å²) in [5, 5.41) is 13.5. The van der Waals surface area contributed by atoms with Crippen LogP contribution in [0.2, 0.25) is 0 Å². The van der Waals surface area contributed by atoms with Crippen LogP contribution in [0.25, 0.3) is 0 Å². The van der Waals surface area contributed by atoms with E-state index in [-0.39, 0.29) is 37.4 Å². The summed E-state index contributed by atoms with van der Waals surface area (Å²) in [6, 6.07) is 12.0. The normalized spacial score (nSPS) is 14.4. The molecule has 1 aliphatic heterocycles. The van der Waals surface area contributed by atoms with Crippen molar-refractivity contribution in [2.45, 2.75) is 6.18 Å². The second-order valence-corrected chi connectivity index (χ2v) is 6.59. The lowest BCUT2D eigenvalue weighted by molar-refractivity contribution is -0.384. The molecule has 1 N–H and O–H groups in total. The Morgan fingerprint density at radius 2 is 1.63 bits per heavy atom. The highest BCUT2D eigenvalue weighted by Gasteiger charge is 2.43. The molecule has 0 aliphatic carbocycles. The number of anilines is 2. The van der Waals surface area contributed by atoms with E-state index in [1.807, 2.05) is 4.90 Å². The van der Waals surface area contributed by atoms with Crippen LogP contribution in [0.4, 0.5) is 30.2 Å². The van der Waals surface area contributed by atoms with Crippen LogP contribution in [-0.2, 0) is 4.79 Å². The van der Waals surface area contributed by atoms with Gasteiger partial charge >= 0.3 is 12.1 Å². The van der Waals surface area contributed by atoms with E-state index >= 15 is 0 Å². The summed E-state index contributed by atoms with van der Waals surface area (Å²) in [7, 11) is 0. The molecule has 0 atom stereocenters. The first-order valence-corrected chi connectivity index (χ1v) is 8.92. The molecule has 0 unspecified atom stereocenters. The van der Waals surface area contributed by atoms with Gasteiger partial charge in [-0.2, -0.15) is 13.2 Å². The van der Waals surface area contributed by atoms with Gasteiger partial charge in [-0.1, -0.05) is 6.07 Å². The highest BCUT2D eigenvalue weighted by molar-refractivity contribution is 6.04. The molecule has 1 saturated heterocycles. The Morgan fingerprint density at radius 1 is 1.00 bits per heavy atom. The number of rotatable bonds is 4. The van der Waals surface area contributed by atoms with Gasteiger partial charge in [0.05, 0.1) is 4.92 Å². The van der Waals surface area contributed by atoms with Crippen molar-refractivity contribution in [3.05, 3.63) is 64.2 Å². The molecule has 0 radical (unpaired) electrons. The molecule has 30 heavy (non-hydrogen) atoms. The average molecular weight is 422 g/mol. The zero-order chi connectivity index (χ0) is 21.9. The summed E-state index contributed by atoms with van der Waals surface area (Å²) in [5.74, 6) is -2.34. The number of hydrogen-bond donors (Lipinski definition) is 1. The second-order valence-electron chi connectivity index (χ2n) is 6.59. The number of carbonyl (C=O) groups excluding carboxylic acids is 2. The van der Waals surface area contributed by atoms with Crippen molar-refractivity contribution in [3.8, 4) is 0 Å². The van der Waals surface area contributed by atoms with Crippen molar-refractivity contribution in [1.29, 1.82) is 0 Å².